The third-order valence-electron chi connectivity index (χ3n) is 4.09. The van der Waals surface area contributed by atoms with Gasteiger partial charge in [-0.1, -0.05) is 0 Å². The molecule has 3 N–H and O–H groups in total. The minimum atomic E-state index is -1.42. The number of rotatable bonds is 7. The average molecular weight is 301 g/mol. The van der Waals surface area contributed by atoms with Crippen LogP contribution in [0.3, 0.4) is 0 Å². The summed E-state index contributed by atoms with van der Waals surface area (Å²) >= 11 is 0. The number of aliphatic carboxylic acids is 2. The van der Waals surface area contributed by atoms with E-state index in [0.29, 0.717) is 6.54 Å². The second-order valence-corrected chi connectivity index (χ2v) is 5.77. The Morgan fingerprint density at radius 1 is 1.19 bits per heavy atom. The first kappa shape index (κ1) is 17.2. The highest BCUT2D eigenvalue weighted by molar-refractivity contribution is 5.86. The zero-order valence-corrected chi connectivity index (χ0v) is 12.6. The number of hydrogen-bond donors (Lipinski definition) is 3. The van der Waals surface area contributed by atoms with Crippen LogP contribution in [0.15, 0.2) is 0 Å². The van der Waals surface area contributed by atoms with Gasteiger partial charge in [0.25, 0.3) is 0 Å². The van der Waals surface area contributed by atoms with Crippen molar-refractivity contribution in [3.63, 3.8) is 0 Å². The zero-order valence-electron chi connectivity index (χ0n) is 12.6. The van der Waals surface area contributed by atoms with Gasteiger partial charge in [0.05, 0.1) is 6.42 Å². The minimum Gasteiger partial charge on any atom is -0.481 e. The predicted molar refractivity (Wildman–Crippen MR) is 75.1 cm³/mol. The summed E-state index contributed by atoms with van der Waals surface area (Å²) in [6, 6.07) is -1.99. The van der Waals surface area contributed by atoms with Gasteiger partial charge in [-0.2, -0.15) is 0 Å². The number of likely N-dealkylation sites (N-methyl/N-ethyl adjacent to an activating group) is 2. The van der Waals surface area contributed by atoms with Gasteiger partial charge in [-0.25, -0.2) is 9.59 Å². The number of carboxylic acids is 2. The van der Waals surface area contributed by atoms with Crippen molar-refractivity contribution in [2.45, 2.75) is 37.3 Å². The third-order valence-corrected chi connectivity index (χ3v) is 4.09. The zero-order chi connectivity index (χ0) is 16.2. The van der Waals surface area contributed by atoms with Crippen molar-refractivity contribution >= 4 is 18.0 Å². The standard InChI is InChI=1S/C13H23N3O5/c1-15(2)13(5-4-6-13)8-16(3)12(21)14-9(11(19)20)7-10(17)18/h9H,4-8H2,1-3H3,(H,14,21)(H,17,18)(H,19,20)/t9-/m0/s1. The molecule has 1 saturated carbocycles. The number of carbonyl (C=O) groups is 3. The molecule has 0 bridgehead atoms. The Kier molecular flexibility index (Phi) is 5.54. The number of carboxylic acid groups (broad SMARTS) is 2. The van der Waals surface area contributed by atoms with Gasteiger partial charge in [0, 0.05) is 19.1 Å². The molecule has 1 rings (SSSR count). The maximum absolute atomic E-state index is 12.0. The molecule has 0 aromatic rings. The number of amides is 2. The summed E-state index contributed by atoms with van der Waals surface area (Å²) in [4.78, 5) is 37.1. The molecule has 1 aliphatic carbocycles. The van der Waals surface area contributed by atoms with Gasteiger partial charge in [-0.15, -0.1) is 0 Å². The van der Waals surface area contributed by atoms with Crippen LogP contribution in [-0.4, -0.2) is 77.3 Å². The number of nitrogens with one attached hydrogen (secondary N) is 1. The molecule has 0 unspecified atom stereocenters. The molecule has 0 spiro atoms. The first-order valence-corrected chi connectivity index (χ1v) is 6.81. The van der Waals surface area contributed by atoms with E-state index in [0.717, 1.165) is 19.3 Å². The predicted octanol–water partition coefficient (Wildman–Crippen LogP) is 0.0400. The smallest absolute Gasteiger partial charge is 0.326 e. The lowest BCUT2D eigenvalue weighted by Gasteiger charge is -2.49. The molecule has 0 aromatic heterocycles. The van der Waals surface area contributed by atoms with Gasteiger partial charge in [0.15, 0.2) is 0 Å². The van der Waals surface area contributed by atoms with Crippen LogP contribution in [0.1, 0.15) is 25.7 Å². The molecule has 0 radical (unpaired) electrons. The molecule has 8 nitrogen and oxygen atoms in total. The summed E-state index contributed by atoms with van der Waals surface area (Å²) in [5.41, 5.74) is -0.0718. The molecule has 0 aromatic carbocycles. The molecule has 0 aliphatic heterocycles. The Hall–Kier alpha value is -1.83. The van der Waals surface area contributed by atoms with Crippen LogP contribution >= 0.6 is 0 Å². The lowest BCUT2D eigenvalue weighted by molar-refractivity contribution is -0.145. The first-order chi connectivity index (χ1) is 9.68. The SMILES string of the molecule is CN(CC1(N(C)C)CCC1)C(=O)N[C@@H](CC(=O)O)C(=O)O. The van der Waals surface area contributed by atoms with Crippen molar-refractivity contribution in [1.29, 1.82) is 0 Å². The van der Waals surface area contributed by atoms with Crippen LogP contribution in [0.4, 0.5) is 4.79 Å². The van der Waals surface area contributed by atoms with E-state index in [4.69, 9.17) is 10.2 Å². The lowest BCUT2D eigenvalue weighted by atomic mass is 9.75. The third kappa shape index (κ3) is 4.32. The lowest BCUT2D eigenvalue weighted by Crippen LogP contribution is -2.59. The van der Waals surface area contributed by atoms with Crippen molar-refractivity contribution in [1.82, 2.24) is 15.1 Å². The minimum absolute atomic E-state index is 0.0718. The van der Waals surface area contributed by atoms with Gasteiger partial charge in [-0.3, -0.25) is 4.79 Å². The Bertz CT molecular complexity index is 420. The van der Waals surface area contributed by atoms with E-state index in [1.807, 2.05) is 14.1 Å². The van der Waals surface area contributed by atoms with Gasteiger partial charge >= 0.3 is 18.0 Å². The largest absolute Gasteiger partial charge is 0.481 e. The Morgan fingerprint density at radius 2 is 1.76 bits per heavy atom. The summed E-state index contributed by atoms with van der Waals surface area (Å²) in [6.45, 7) is 0.477. The second-order valence-electron chi connectivity index (χ2n) is 5.77. The molecular weight excluding hydrogens is 278 g/mol. The number of hydrogen-bond acceptors (Lipinski definition) is 4. The Labute approximate surface area is 123 Å². The summed E-state index contributed by atoms with van der Waals surface area (Å²) in [5.74, 6) is -2.63. The van der Waals surface area contributed by atoms with E-state index in [-0.39, 0.29) is 5.54 Å². The highest BCUT2D eigenvalue weighted by Gasteiger charge is 2.41. The molecule has 1 atom stereocenters. The van der Waals surface area contributed by atoms with E-state index < -0.39 is 30.4 Å². The van der Waals surface area contributed by atoms with E-state index in [9.17, 15) is 14.4 Å². The number of carbonyl (C=O) groups excluding carboxylic acids is 1. The molecule has 21 heavy (non-hydrogen) atoms. The van der Waals surface area contributed by atoms with Crippen LogP contribution in [-0.2, 0) is 9.59 Å². The van der Waals surface area contributed by atoms with Crippen molar-refractivity contribution < 1.29 is 24.6 Å². The van der Waals surface area contributed by atoms with E-state index in [1.54, 1.807) is 7.05 Å². The van der Waals surface area contributed by atoms with Crippen molar-refractivity contribution in [2.75, 3.05) is 27.7 Å². The highest BCUT2D eigenvalue weighted by atomic mass is 16.4. The van der Waals surface area contributed by atoms with Gasteiger partial charge in [0.1, 0.15) is 6.04 Å². The average Bonchev–Trinajstić information content (AvgIpc) is 2.31. The maximum atomic E-state index is 12.0. The molecule has 8 heteroatoms. The van der Waals surface area contributed by atoms with E-state index in [2.05, 4.69) is 10.2 Å². The molecule has 0 heterocycles. The van der Waals surface area contributed by atoms with Crippen molar-refractivity contribution in [3.05, 3.63) is 0 Å². The normalized spacial score (nSPS) is 17.7. The van der Waals surface area contributed by atoms with Gasteiger partial charge < -0.3 is 25.3 Å². The van der Waals surface area contributed by atoms with Crippen molar-refractivity contribution in [3.8, 4) is 0 Å². The second kappa shape index (κ2) is 6.75. The molecule has 2 amide bonds. The summed E-state index contributed by atoms with van der Waals surface area (Å²) in [5, 5.41) is 19.8. The molecule has 1 fully saturated rings. The molecular formula is C13H23N3O5. The van der Waals surface area contributed by atoms with Gasteiger partial charge in [-0.05, 0) is 33.4 Å². The Balaban J connectivity index is 2.61. The monoisotopic (exact) mass is 301 g/mol. The topological polar surface area (TPSA) is 110 Å². The van der Waals surface area contributed by atoms with E-state index in [1.165, 1.54) is 4.90 Å². The molecule has 0 saturated heterocycles. The van der Waals surface area contributed by atoms with Gasteiger partial charge in [0.2, 0.25) is 0 Å². The van der Waals surface area contributed by atoms with Crippen LogP contribution < -0.4 is 5.32 Å². The van der Waals surface area contributed by atoms with Crippen LogP contribution in [0, 0.1) is 0 Å². The summed E-state index contributed by atoms with van der Waals surface area (Å²) < 4.78 is 0. The molecule has 120 valence electrons. The van der Waals surface area contributed by atoms with Crippen LogP contribution in [0.25, 0.3) is 0 Å². The fourth-order valence-electron chi connectivity index (χ4n) is 2.48. The summed E-state index contributed by atoms with van der Waals surface area (Å²) in [7, 11) is 5.49. The Morgan fingerprint density at radius 3 is 2.10 bits per heavy atom. The quantitative estimate of drug-likeness (QED) is 0.612. The van der Waals surface area contributed by atoms with Crippen LogP contribution in [0.5, 0.6) is 0 Å². The fourth-order valence-corrected chi connectivity index (χ4v) is 2.48. The number of nitrogens with zero attached hydrogens (tertiary/aromatic N) is 2. The first-order valence-electron chi connectivity index (χ1n) is 6.81. The van der Waals surface area contributed by atoms with E-state index >= 15 is 0 Å². The van der Waals surface area contributed by atoms with Crippen molar-refractivity contribution in [2.24, 2.45) is 0 Å². The molecule has 1 aliphatic rings. The summed E-state index contributed by atoms with van der Waals surface area (Å²) in [6.07, 6.45) is 2.42. The maximum Gasteiger partial charge on any atom is 0.326 e. The van der Waals surface area contributed by atoms with Crippen LogP contribution in [0.2, 0.25) is 0 Å². The number of urea groups is 1. The fraction of sp³-hybridized carbons (Fsp3) is 0.769. The highest BCUT2D eigenvalue weighted by Crippen LogP contribution is 2.36.